The van der Waals surface area contributed by atoms with Crippen molar-refractivity contribution in [2.24, 2.45) is 16.9 Å². The number of fused-ring (bicyclic) bond motifs is 1. The van der Waals surface area contributed by atoms with Crippen LogP contribution < -0.4 is 11.5 Å². The lowest BCUT2D eigenvalue weighted by molar-refractivity contribution is 0.0829. The Balaban J connectivity index is 2.37. The number of ether oxygens (including phenoxy) is 1. The molecule has 0 saturated carbocycles. The minimum Gasteiger partial charge on any atom is -0.483 e. The van der Waals surface area contributed by atoms with Gasteiger partial charge in [-0.3, -0.25) is 4.79 Å². The monoisotopic (exact) mass is 307 g/mol. The molecule has 1 unspecified atom stereocenters. The van der Waals surface area contributed by atoms with Crippen LogP contribution in [0.4, 0.5) is 0 Å². The number of Topliss-reactive ketones (excluding diaryl/α,β-unsaturated/α-hetero) is 1. The van der Waals surface area contributed by atoms with E-state index >= 15 is 0 Å². The number of hydrogen-bond acceptors (Lipinski definition) is 5. The summed E-state index contributed by atoms with van der Waals surface area (Å²) in [5.74, 6) is 0.185. The van der Waals surface area contributed by atoms with Crippen molar-refractivity contribution in [1.29, 1.82) is 0 Å². The molecule has 2 rings (SSSR count). The van der Waals surface area contributed by atoms with Crippen LogP contribution in [0.3, 0.4) is 0 Å². The van der Waals surface area contributed by atoms with Crippen LogP contribution in [0.25, 0.3) is 0 Å². The fourth-order valence-corrected chi connectivity index (χ4v) is 2.52. The third-order valence-corrected chi connectivity index (χ3v) is 4.06. The van der Waals surface area contributed by atoms with Gasteiger partial charge in [0.1, 0.15) is 5.15 Å². The molecular weight excluding hydrogens is 290 g/mol. The van der Waals surface area contributed by atoms with Gasteiger partial charge in [-0.25, -0.2) is 4.98 Å². The second-order valence-electron chi connectivity index (χ2n) is 5.18. The number of aryl methyl sites for hydroxylation is 1. The Labute approximate surface area is 128 Å². The SMILES string of the molecule is CO/C(N)=C/C=C(\N)C1(C)CCc2nc(Cl)ccc2C1=O. The Bertz CT molecular complexity index is 640. The minimum absolute atomic E-state index is 0.0499. The lowest BCUT2D eigenvalue weighted by Crippen LogP contribution is -2.38. The number of ketones is 1. The largest absolute Gasteiger partial charge is 0.483 e. The summed E-state index contributed by atoms with van der Waals surface area (Å²) in [7, 11) is 1.47. The first-order chi connectivity index (χ1) is 9.88. The van der Waals surface area contributed by atoms with Crippen LogP contribution in [-0.2, 0) is 11.2 Å². The molecule has 1 aliphatic carbocycles. The molecule has 4 N–H and O–H groups in total. The Hall–Kier alpha value is -2.01. The van der Waals surface area contributed by atoms with Gasteiger partial charge < -0.3 is 16.2 Å². The standard InChI is InChI=1S/C15H18ClN3O2/c1-15(11(17)4-6-13(18)21-2)8-7-10-9(14(15)20)3-5-12(16)19-10/h3-6H,7-8,17-18H2,1-2H3/b11-4-,13-6+. The first-order valence-corrected chi connectivity index (χ1v) is 6.94. The van der Waals surface area contributed by atoms with Gasteiger partial charge in [0.15, 0.2) is 11.7 Å². The number of allylic oxidation sites excluding steroid dienone is 3. The lowest BCUT2D eigenvalue weighted by Gasteiger charge is -2.33. The average Bonchev–Trinajstić information content (AvgIpc) is 2.48. The highest BCUT2D eigenvalue weighted by Crippen LogP contribution is 2.38. The average molecular weight is 308 g/mol. The van der Waals surface area contributed by atoms with Crippen LogP contribution in [0.1, 0.15) is 29.4 Å². The second-order valence-corrected chi connectivity index (χ2v) is 5.57. The number of carbonyl (C=O) groups is 1. The van der Waals surface area contributed by atoms with E-state index in [9.17, 15) is 4.79 Å². The zero-order valence-electron chi connectivity index (χ0n) is 12.0. The van der Waals surface area contributed by atoms with E-state index in [4.69, 9.17) is 27.8 Å². The van der Waals surface area contributed by atoms with Gasteiger partial charge in [-0.2, -0.15) is 0 Å². The molecule has 1 heterocycles. The fourth-order valence-electron chi connectivity index (χ4n) is 2.35. The number of nitrogens with zero attached hydrogens (tertiary/aromatic N) is 1. The lowest BCUT2D eigenvalue weighted by atomic mass is 9.71. The summed E-state index contributed by atoms with van der Waals surface area (Å²) in [5.41, 5.74) is 12.6. The maximum atomic E-state index is 12.7. The molecule has 0 amide bonds. The molecule has 5 nitrogen and oxygen atoms in total. The number of halogens is 1. The van der Waals surface area contributed by atoms with E-state index in [1.54, 1.807) is 24.3 Å². The molecule has 0 aliphatic heterocycles. The molecule has 1 aromatic heterocycles. The zero-order chi connectivity index (χ0) is 15.6. The molecule has 0 saturated heterocycles. The minimum atomic E-state index is -0.771. The third kappa shape index (κ3) is 2.88. The summed E-state index contributed by atoms with van der Waals surface area (Å²) >= 11 is 5.86. The van der Waals surface area contributed by atoms with Crippen LogP contribution in [-0.4, -0.2) is 17.9 Å². The molecule has 0 radical (unpaired) electrons. The number of hydrogen-bond donors (Lipinski definition) is 2. The van der Waals surface area contributed by atoms with E-state index in [0.717, 1.165) is 5.69 Å². The molecule has 112 valence electrons. The topological polar surface area (TPSA) is 91.2 Å². The van der Waals surface area contributed by atoms with Gasteiger partial charge in [0.25, 0.3) is 0 Å². The predicted molar refractivity (Wildman–Crippen MR) is 81.6 cm³/mol. The van der Waals surface area contributed by atoms with Crippen molar-refractivity contribution < 1.29 is 9.53 Å². The Morgan fingerprint density at radius 2 is 2.14 bits per heavy atom. The summed E-state index contributed by atoms with van der Waals surface area (Å²) in [6.07, 6.45) is 4.39. The van der Waals surface area contributed by atoms with Crippen molar-refractivity contribution in [1.82, 2.24) is 4.98 Å². The maximum absolute atomic E-state index is 12.7. The molecule has 1 atom stereocenters. The van der Waals surface area contributed by atoms with Crippen LogP contribution >= 0.6 is 11.6 Å². The number of methoxy groups -OCH3 is 1. The van der Waals surface area contributed by atoms with Crippen molar-refractivity contribution in [3.05, 3.63) is 52.3 Å². The van der Waals surface area contributed by atoms with Crippen molar-refractivity contribution in [3.8, 4) is 0 Å². The number of rotatable bonds is 3. The summed E-state index contributed by atoms with van der Waals surface area (Å²) in [4.78, 5) is 16.9. The number of aromatic nitrogens is 1. The quantitative estimate of drug-likeness (QED) is 0.507. The Kier molecular flexibility index (Phi) is 4.23. The van der Waals surface area contributed by atoms with Gasteiger partial charge in [-0.1, -0.05) is 11.6 Å². The predicted octanol–water partition coefficient (Wildman–Crippen LogP) is 2.16. The Morgan fingerprint density at radius 3 is 2.81 bits per heavy atom. The normalized spacial score (nSPS) is 22.9. The maximum Gasteiger partial charge on any atom is 0.183 e. The first kappa shape index (κ1) is 15.4. The summed E-state index contributed by atoms with van der Waals surface area (Å²) in [6, 6.07) is 3.32. The highest BCUT2D eigenvalue weighted by Gasteiger charge is 2.41. The van der Waals surface area contributed by atoms with Crippen molar-refractivity contribution in [2.45, 2.75) is 19.8 Å². The van der Waals surface area contributed by atoms with E-state index in [2.05, 4.69) is 4.98 Å². The van der Waals surface area contributed by atoms with Gasteiger partial charge >= 0.3 is 0 Å². The molecule has 21 heavy (non-hydrogen) atoms. The first-order valence-electron chi connectivity index (χ1n) is 6.56. The van der Waals surface area contributed by atoms with E-state index < -0.39 is 5.41 Å². The molecule has 1 aliphatic rings. The fraction of sp³-hybridized carbons (Fsp3) is 0.333. The molecule has 0 spiro atoms. The van der Waals surface area contributed by atoms with E-state index in [1.165, 1.54) is 7.11 Å². The van der Waals surface area contributed by atoms with Crippen molar-refractivity contribution >= 4 is 17.4 Å². The van der Waals surface area contributed by atoms with E-state index in [0.29, 0.717) is 29.3 Å². The number of carbonyl (C=O) groups excluding carboxylic acids is 1. The van der Waals surface area contributed by atoms with Crippen LogP contribution in [0, 0.1) is 5.41 Å². The van der Waals surface area contributed by atoms with Gasteiger partial charge in [0.05, 0.1) is 18.2 Å². The molecule has 0 bridgehead atoms. The van der Waals surface area contributed by atoms with Gasteiger partial charge in [-0.15, -0.1) is 0 Å². The number of nitrogens with two attached hydrogens (primary N) is 2. The van der Waals surface area contributed by atoms with E-state index in [1.807, 2.05) is 6.92 Å². The summed E-state index contributed by atoms with van der Waals surface area (Å²) in [6.45, 7) is 1.83. The smallest absolute Gasteiger partial charge is 0.183 e. The number of pyridine rings is 1. The van der Waals surface area contributed by atoms with Crippen LogP contribution in [0.5, 0.6) is 0 Å². The van der Waals surface area contributed by atoms with Crippen molar-refractivity contribution in [2.75, 3.05) is 7.11 Å². The molecule has 6 heteroatoms. The highest BCUT2D eigenvalue weighted by molar-refractivity contribution is 6.29. The zero-order valence-corrected chi connectivity index (χ0v) is 12.8. The van der Waals surface area contributed by atoms with E-state index in [-0.39, 0.29) is 11.7 Å². The van der Waals surface area contributed by atoms with Gasteiger partial charge in [0, 0.05) is 11.3 Å². The summed E-state index contributed by atoms with van der Waals surface area (Å²) < 4.78 is 4.85. The van der Waals surface area contributed by atoms with Crippen molar-refractivity contribution in [3.63, 3.8) is 0 Å². The van der Waals surface area contributed by atoms with Gasteiger partial charge in [0.2, 0.25) is 0 Å². The molecular formula is C15H18ClN3O2. The second kappa shape index (κ2) is 5.77. The molecule has 0 aromatic carbocycles. The molecule has 0 fully saturated rings. The van der Waals surface area contributed by atoms with Gasteiger partial charge in [-0.05, 0) is 44.1 Å². The molecule has 1 aromatic rings. The van der Waals surface area contributed by atoms with Crippen LogP contribution in [0.15, 0.2) is 35.9 Å². The third-order valence-electron chi connectivity index (χ3n) is 3.85. The summed E-state index contributed by atoms with van der Waals surface area (Å²) in [5, 5.41) is 0.393. The highest BCUT2D eigenvalue weighted by atomic mass is 35.5. The Morgan fingerprint density at radius 1 is 1.43 bits per heavy atom. The van der Waals surface area contributed by atoms with Crippen LogP contribution in [0.2, 0.25) is 5.15 Å².